The zero-order valence-electron chi connectivity index (χ0n) is 11.0. The van der Waals surface area contributed by atoms with Crippen LogP contribution < -0.4 is 5.32 Å². The lowest BCUT2D eigenvalue weighted by atomic mass is 10.2. The highest BCUT2D eigenvalue weighted by atomic mass is 16.5. The van der Waals surface area contributed by atoms with Crippen LogP contribution in [0.1, 0.15) is 20.3 Å². The van der Waals surface area contributed by atoms with Crippen LogP contribution >= 0.6 is 0 Å². The van der Waals surface area contributed by atoms with Gasteiger partial charge in [0.2, 0.25) is 0 Å². The Morgan fingerprint density at radius 1 is 0.938 bits per heavy atom. The summed E-state index contributed by atoms with van der Waals surface area (Å²) < 4.78 is 15.7. The maximum Gasteiger partial charge on any atom is 0.0700 e. The van der Waals surface area contributed by atoms with Crippen molar-refractivity contribution in [2.75, 3.05) is 53.2 Å². The Bertz CT molecular complexity index is 131. The standard InChI is InChI=1S/C12H27NO3/c1-12(2)11-16-8-6-13-5-4-7-15-10-9-14-3/h12-13H,4-11H2,1-3H3. The van der Waals surface area contributed by atoms with Crippen molar-refractivity contribution >= 4 is 0 Å². The van der Waals surface area contributed by atoms with Crippen molar-refractivity contribution in [2.45, 2.75) is 20.3 Å². The monoisotopic (exact) mass is 233 g/mol. The first kappa shape index (κ1) is 15.8. The van der Waals surface area contributed by atoms with E-state index in [9.17, 15) is 0 Å². The van der Waals surface area contributed by atoms with Crippen LogP contribution in [0.3, 0.4) is 0 Å². The molecule has 4 nitrogen and oxygen atoms in total. The molecule has 0 aromatic heterocycles. The Kier molecular flexibility index (Phi) is 12.8. The van der Waals surface area contributed by atoms with Gasteiger partial charge in [-0.15, -0.1) is 0 Å². The fourth-order valence-corrected chi connectivity index (χ4v) is 1.13. The maximum absolute atomic E-state index is 5.44. The van der Waals surface area contributed by atoms with E-state index in [1.165, 1.54) is 0 Å². The SMILES string of the molecule is COCCOCCCNCCOCC(C)C. The molecule has 0 unspecified atom stereocenters. The average Bonchev–Trinajstić information content (AvgIpc) is 2.25. The van der Waals surface area contributed by atoms with Gasteiger partial charge in [0.15, 0.2) is 0 Å². The van der Waals surface area contributed by atoms with Gasteiger partial charge in [-0.2, -0.15) is 0 Å². The van der Waals surface area contributed by atoms with Crippen molar-refractivity contribution in [1.82, 2.24) is 5.32 Å². The topological polar surface area (TPSA) is 39.7 Å². The summed E-state index contributed by atoms with van der Waals surface area (Å²) in [7, 11) is 1.68. The van der Waals surface area contributed by atoms with Gasteiger partial charge in [-0.3, -0.25) is 0 Å². The van der Waals surface area contributed by atoms with Crippen molar-refractivity contribution in [3.05, 3.63) is 0 Å². The zero-order valence-corrected chi connectivity index (χ0v) is 11.0. The van der Waals surface area contributed by atoms with Crippen LogP contribution in [0.2, 0.25) is 0 Å². The van der Waals surface area contributed by atoms with E-state index < -0.39 is 0 Å². The van der Waals surface area contributed by atoms with Crippen molar-refractivity contribution in [2.24, 2.45) is 5.92 Å². The quantitative estimate of drug-likeness (QED) is 0.516. The van der Waals surface area contributed by atoms with Gasteiger partial charge >= 0.3 is 0 Å². The molecule has 0 bridgehead atoms. The molecule has 16 heavy (non-hydrogen) atoms. The number of hydrogen-bond donors (Lipinski definition) is 1. The van der Waals surface area contributed by atoms with Crippen molar-refractivity contribution in [3.63, 3.8) is 0 Å². The molecule has 0 rings (SSSR count). The summed E-state index contributed by atoms with van der Waals surface area (Å²) in [6.07, 6.45) is 1.04. The van der Waals surface area contributed by atoms with Crippen molar-refractivity contribution in [1.29, 1.82) is 0 Å². The third-order valence-corrected chi connectivity index (χ3v) is 1.95. The molecule has 0 aromatic rings. The fraction of sp³-hybridized carbons (Fsp3) is 1.00. The Morgan fingerprint density at radius 2 is 1.75 bits per heavy atom. The minimum Gasteiger partial charge on any atom is -0.382 e. The highest BCUT2D eigenvalue weighted by Crippen LogP contribution is 1.91. The molecule has 0 aliphatic rings. The number of ether oxygens (including phenoxy) is 3. The molecule has 0 aliphatic heterocycles. The molecule has 0 heterocycles. The first-order chi connectivity index (χ1) is 7.77. The number of rotatable bonds is 12. The molecule has 0 aliphatic carbocycles. The zero-order chi connectivity index (χ0) is 12.1. The summed E-state index contributed by atoms with van der Waals surface area (Å²) in [5.41, 5.74) is 0. The summed E-state index contributed by atoms with van der Waals surface area (Å²) >= 11 is 0. The minimum atomic E-state index is 0.620. The number of nitrogens with one attached hydrogen (secondary N) is 1. The van der Waals surface area contributed by atoms with E-state index in [-0.39, 0.29) is 0 Å². The van der Waals surface area contributed by atoms with Crippen LogP contribution in [0.4, 0.5) is 0 Å². The molecule has 0 spiro atoms. The summed E-state index contributed by atoms with van der Waals surface area (Å²) in [4.78, 5) is 0. The highest BCUT2D eigenvalue weighted by Gasteiger charge is 1.93. The van der Waals surface area contributed by atoms with Crippen LogP contribution in [-0.4, -0.2) is 53.2 Å². The third kappa shape index (κ3) is 13.8. The van der Waals surface area contributed by atoms with Gasteiger partial charge in [0.1, 0.15) is 0 Å². The lowest BCUT2D eigenvalue weighted by Gasteiger charge is -2.08. The molecule has 1 N–H and O–H groups in total. The van der Waals surface area contributed by atoms with Crippen molar-refractivity contribution < 1.29 is 14.2 Å². The summed E-state index contributed by atoms with van der Waals surface area (Å²) in [6.45, 7) is 10.0. The largest absolute Gasteiger partial charge is 0.382 e. The van der Waals surface area contributed by atoms with Gasteiger partial charge in [0, 0.05) is 26.9 Å². The molecule has 0 fully saturated rings. The molecule has 0 saturated carbocycles. The van der Waals surface area contributed by atoms with Crippen LogP contribution in [0.25, 0.3) is 0 Å². The van der Waals surface area contributed by atoms with Gasteiger partial charge in [-0.1, -0.05) is 13.8 Å². The van der Waals surface area contributed by atoms with Crippen molar-refractivity contribution in [3.8, 4) is 0 Å². The second-order valence-electron chi connectivity index (χ2n) is 4.18. The van der Waals surface area contributed by atoms with Crippen LogP contribution in [0, 0.1) is 5.92 Å². The molecule has 0 saturated heterocycles. The Morgan fingerprint density at radius 3 is 2.44 bits per heavy atom. The molecule has 0 atom stereocenters. The summed E-state index contributed by atoms with van der Waals surface area (Å²) in [5.74, 6) is 0.620. The molecule has 0 radical (unpaired) electrons. The molecule has 0 aromatic carbocycles. The smallest absolute Gasteiger partial charge is 0.0700 e. The Labute approximate surface area is 99.6 Å². The van der Waals surface area contributed by atoms with Crippen LogP contribution in [0.15, 0.2) is 0 Å². The van der Waals surface area contributed by atoms with E-state index in [2.05, 4.69) is 19.2 Å². The van der Waals surface area contributed by atoms with Gasteiger partial charge in [0.25, 0.3) is 0 Å². The van der Waals surface area contributed by atoms with E-state index in [0.29, 0.717) is 19.1 Å². The van der Waals surface area contributed by atoms with Gasteiger partial charge in [0.05, 0.1) is 19.8 Å². The van der Waals surface area contributed by atoms with Crippen LogP contribution in [-0.2, 0) is 14.2 Å². The predicted molar refractivity (Wildman–Crippen MR) is 65.8 cm³/mol. The second-order valence-corrected chi connectivity index (χ2v) is 4.18. The first-order valence-corrected chi connectivity index (χ1v) is 6.12. The van der Waals surface area contributed by atoms with E-state index in [0.717, 1.165) is 39.3 Å². The molecule has 4 heteroatoms. The summed E-state index contributed by atoms with van der Waals surface area (Å²) in [5, 5.41) is 3.31. The van der Waals surface area contributed by atoms with E-state index >= 15 is 0 Å². The van der Waals surface area contributed by atoms with Crippen LogP contribution in [0.5, 0.6) is 0 Å². The Hall–Kier alpha value is -0.160. The maximum atomic E-state index is 5.44. The third-order valence-electron chi connectivity index (χ3n) is 1.95. The lowest BCUT2D eigenvalue weighted by Crippen LogP contribution is -2.22. The van der Waals surface area contributed by atoms with Gasteiger partial charge in [-0.05, 0) is 18.9 Å². The minimum absolute atomic E-state index is 0.620. The van der Waals surface area contributed by atoms with Gasteiger partial charge < -0.3 is 19.5 Å². The average molecular weight is 233 g/mol. The van der Waals surface area contributed by atoms with E-state index in [1.54, 1.807) is 7.11 Å². The number of hydrogen-bond acceptors (Lipinski definition) is 4. The van der Waals surface area contributed by atoms with E-state index in [1.807, 2.05) is 0 Å². The molecule has 98 valence electrons. The second kappa shape index (κ2) is 12.9. The molecular weight excluding hydrogens is 206 g/mol. The number of methoxy groups -OCH3 is 1. The first-order valence-electron chi connectivity index (χ1n) is 6.12. The predicted octanol–water partition coefficient (Wildman–Crippen LogP) is 1.30. The molecule has 0 amide bonds. The fourth-order valence-electron chi connectivity index (χ4n) is 1.13. The van der Waals surface area contributed by atoms with Gasteiger partial charge in [-0.25, -0.2) is 0 Å². The normalized spacial score (nSPS) is 11.2. The highest BCUT2D eigenvalue weighted by molar-refractivity contribution is 4.47. The lowest BCUT2D eigenvalue weighted by molar-refractivity contribution is 0.0689. The molecular formula is C12H27NO3. The summed E-state index contributed by atoms with van der Waals surface area (Å²) in [6, 6.07) is 0. The Balaban J connectivity index is 2.88. The van der Waals surface area contributed by atoms with E-state index in [4.69, 9.17) is 14.2 Å².